The fourth-order valence-electron chi connectivity index (χ4n) is 2.12. The van der Waals surface area contributed by atoms with Gasteiger partial charge in [0, 0.05) is 10.9 Å². The zero-order valence-electron chi connectivity index (χ0n) is 12.9. The first kappa shape index (κ1) is 16.0. The topological polar surface area (TPSA) is 68.7 Å². The number of nitrogens with zero attached hydrogens (tertiary/aromatic N) is 1. The molecule has 0 fully saturated rings. The Morgan fingerprint density at radius 2 is 1.62 bits per heavy atom. The van der Waals surface area contributed by atoms with E-state index in [1.165, 1.54) is 11.3 Å². The van der Waals surface area contributed by atoms with Gasteiger partial charge in [0.15, 0.2) is 0 Å². The fraction of sp³-hybridized carbons (Fsp3) is 0.111. The Kier molecular flexibility index (Phi) is 4.77. The lowest BCUT2D eigenvalue weighted by molar-refractivity contribution is -0.136. The van der Waals surface area contributed by atoms with E-state index >= 15 is 0 Å². The minimum Gasteiger partial charge on any atom is -0.497 e. The first-order valence-electron chi connectivity index (χ1n) is 7.22. The minimum atomic E-state index is -0.880. The number of hydrogen-bond donors (Lipinski definition) is 1. The minimum absolute atomic E-state index is 0.0604. The van der Waals surface area contributed by atoms with Crippen LogP contribution in [-0.2, 0) is 11.2 Å². The van der Waals surface area contributed by atoms with Crippen molar-refractivity contribution in [2.45, 2.75) is 6.42 Å². The van der Waals surface area contributed by atoms with Crippen molar-refractivity contribution in [2.75, 3.05) is 7.11 Å². The van der Waals surface area contributed by atoms with Crippen LogP contribution >= 0.6 is 11.3 Å². The van der Waals surface area contributed by atoms with Crippen LogP contribution in [0.15, 0.2) is 53.9 Å². The largest absolute Gasteiger partial charge is 0.497 e. The van der Waals surface area contributed by atoms with Crippen molar-refractivity contribution >= 4 is 17.3 Å². The molecule has 0 bridgehead atoms. The van der Waals surface area contributed by atoms with E-state index in [1.807, 2.05) is 48.5 Å². The van der Waals surface area contributed by atoms with Crippen LogP contribution in [0.25, 0.3) is 10.6 Å². The predicted octanol–water partition coefficient (Wildman–Crippen LogP) is 4.24. The quantitative estimate of drug-likeness (QED) is 0.726. The molecular formula is C18H15NO4S. The molecule has 2 aromatic carbocycles. The molecular weight excluding hydrogens is 326 g/mol. The fourth-order valence-corrected chi connectivity index (χ4v) is 2.95. The Bertz CT molecular complexity index is 825. The summed E-state index contributed by atoms with van der Waals surface area (Å²) in [4.78, 5) is 15.0. The van der Waals surface area contributed by atoms with Crippen molar-refractivity contribution in [3.8, 4) is 27.8 Å². The van der Waals surface area contributed by atoms with E-state index in [0.717, 1.165) is 22.1 Å². The van der Waals surface area contributed by atoms with E-state index in [4.69, 9.17) is 14.6 Å². The summed E-state index contributed by atoms with van der Waals surface area (Å²) >= 11 is 1.43. The number of aromatic nitrogens is 1. The van der Waals surface area contributed by atoms with Crippen LogP contribution in [0.3, 0.4) is 0 Å². The molecule has 0 radical (unpaired) electrons. The maximum atomic E-state index is 10.7. The molecule has 0 amide bonds. The molecule has 0 saturated heterocycles. The van der Waals surface area contributed by atoms with Gasteiger partial charge in [0.1, 0.15) is 22.3 Å². The van der Waals surface area contributed by atoms with E-state index in [2.05, 4.69) is 4.98 Å². The summed E-state index contributed by atoms with van der Waals surface area (Å²) in [6.45, 7) is 0. The molecule has 0 aliphatic carbocycles. The maximum absolute atomic E-state index is 10.7. The molecule has 6 heteroatoms. The molecule has 5 nitrogen and oxygen atoms in total. The van der Waals surface area contributed by atoms with E-state index in [1.54, 1.807) is 12.5 Å². The van der Waals surface area contributed by atoms with Crippen LogP contribution in [-0.4, -0.2) is 23.2 Å². The van der Waals surface area contributed by atoms with Gasteiger partial charge in [0.2, 0.25) is 0 Å². The second kappa shape index (κ2) is 7.14. The molecule has 0 unspecified atom stereocenters. The normalized spacial score (nSPS) is 10.4. The van der Waals surface area contributed by atoms with Gasteiger partial charge in [0.05, 0.1) is 19.2 Å². The summed E-state index contributed by atoms with van der Waals surface area (Å²) < 4.78 is 10.9. The summed E-state index contributed by atoms with van der Waals surface area (Å²) in [6, 6.07) is 14.9. The number of hydrogen-bond acceptors (Lipinski definition) is 5. The summed E-state index contributed by atoms with van der Waals surface area (Å²) in [5.74, 6) is 1.33. The molecule has 3 rings (SSSR count). The SMILES string of the molecule is COc1ccc(Oc2ccc(-c3nc(CC(=O)O)cs3)cc2)cc1. The molecule has 0 saturated carbocycles. The van der Waals surface area contributed by atoms with Crippen molar-refractivity contribution in [2.24, 2.45) is 0 Å². The average Bonchev–Trinajstić information content (AvgIpc) is 3.04. The van der Waals surface area contributed by atoms with Gasteiger partial charge in [-0.1, -0.05) is 0 Å². The van der Waals surface area contributed by atoms with Crippen LogP contribution in [0, 0.1) is 0 Å². The first-order valence-corrected chi connectivity index (χ1v) is 8.10. The lowest BCUT2D eigenvalue weighted by atomic mass is 10.2. The molecule has 0 atom stereocenters. The Hall–Kier alpha value is -2.86. The molecule has 122 valence electrons. The van der Waals surface area contributed by atoms with Gasteiger partial charge in [-0.2, -0.15) is 0 Å². The van der Waals surface area contributed by atoms with Gasteiger partial charge in [-0.05, 0) is 48.5 Å². The molecule has 0 aliphatic rings. The number of carbonyl (C=O) groups is 1. The highest BCUT2D eigenvalue weighted by Crippen LogP contribution is 2.28. The second-order valence-electron chi connectivity index (χ2n) is 5.02. The number of carboxylic acid groups (broad SMARTS) is 1. The number of aliphatic carboxylic acids is 1. The van der Waals surface area contributed by atoms with Crippen molar-refractivity contribution in [1.29, 1.82) is 0 Å². The number of thiazole rings is 1. The zero-order valence-corrected chi connectivity index (χ0v) is 13.7. The third-order valence-corrected chi connectivity index (χ3v) is 4.22. The van der Waals surface area contributed by atoms with Gasteiger partial charge in [-0.25, -0.2) is 4.98 Å². The maximum Gasteiger partial charge on any atom is 0.309 e. The van der Waals surface area contributed by atoms with E-state index in [-0.39, 0.29) is 6.42 Å². The third-order valence-electron chi connectivity index (χ3n) is 3.28. The predicted molar refractivity (Wildman–Crippen MR) is 92.0 cm³/mol. The van der Waals surface area contributed by atoms with E-state index < -0.39 is 5.97 Å². The summed E-state index contributed by atoms with van der Waals surface area (Å²) in [5, 5.41) is 11.4. The van der Waals surface area contributed by atoms with Crippen molar-refractivity contribution < 1.29 is 19.4 Å². The molecule has 1 aromatic heterocycles. The van der Waals surface area contributed by atoms with Gasteiger partial charge in [0.25, 0.3) is 0 Å². The van der Waals surface area contributed by atoms with Crippen molar-refractivity contribution in [3.05, 3.63) is 59.6 Å². The van der Waals surface area contributed by atoms with Crippen LogP contribution in [0.2, 0.25) is 0 Å². The van der Waals surface area contributed by atoms with E-state index in [9.17, 15) is 4.79 Å². The number of ether oxygens (including phenoxy) is 2. The summed E-state index contributed by atoms with van der Waals surface area (Å²) in [5.41, 5.74) is 1.50. The zero-order chi connectivity index (χ0) is 16.9. The van der Waals surface area contributed by atoms with Crippen LogP contribution in [0.1, 0.15) is 5.69 Å². The van der Waals surface area contributed by atoms with E-state index in [0.29, 0.717) is 11.4 Å². The van der Waals surface area contributed by atoms with Gasteiger partial charge >= 0.3 is 5.97 Å². The van der Waals surface area contributed by atoms with Crippen molar-refractivity contribution in [1.82, 2.24) is 4.98 Å². The number of methoxy groups -OCH3 is 1. The smallest absolute Gasteiger partial charge is 0.309 e. The molecule has 0 spiro atoms. The standard InChI is InChI=1S/C18H15NO4S/c1-22-14-6-8-16(9-7-14)23-15-4-2-12(3-5-15)18-19-13(11-24-18)10-17(20)21/h2-9,11H,10H2,1H3,(H,20,21). The van der Waals surface area contributed by atoms with Crippen LogP contribution < -0.4 is 9.47 Å². The van der Waals surface area contributed by atoms with Gasteiger partial charge in [-0.3, -0.25) is 4.79 Å². The molecule has 1 N–H and O–H groups in total. The summed E-state index contributed by atoms with van der Waals surface area (Å²) in [6.07, 6.45) is -0.0604. The number of benzene rings is 2. The Morgan fingerprint density at radius 3 is 2.21 bits per heavy atom. The van der Waals surface area contributed by atoms with Gasteiger partial charge in [-0.15, -0.1) is 11.3 Å². The molecule has 1 heterocycles. The number of carboxylic acids is 1. The Labute approximate surface area is 143 Å². The molecule has 0 aliphatic heterocycles. The highest BCUT2D eigenvalue weighted by molar-refractivity contribution is 7.13. The Morgan fingerprint density at radius 1 is 1.04 bits per heavy atom. The van der Waals surface area contributed by atoms with Crippen LogP contribution in [0.4, 0.5) is 0 Å². The monoisotopic (exact) mass is 341 g/mol. The summed E-state index contributed by atoms with van der Waals surface area (Å²) in [7, 11) is 1.62. The lowest BCUT2D eigenvalue weighted by Crippen LogP contribution is -1.99. The van der Waals surface area contributed by atoms with Gasteiger partial charge < -0.3 is 14.6 Å². The Balaban J connectivity index is 1.70. The molecule has 24 heavy (non-hydrogen) atoms. The average molecular weight is 341 g/mol. The highest BCUT2D eigenvalue weighted by Gasteiger charge is 2.08. The number of rotatable bonds is 6. The first-order chi connectivity index (χ1) is 11.6. The second-order valence-corrected chi connectivity index (χ2v) is 5.87. The highest BCUT2D eigenvalue weighted by atomic mass is 32.1. The lowest BCUT2D eigenvalue weighted by Gasteiger charge is -2.07. The van der Waals surface area contributed by atoms with Crippen LogP contribution in [0.5, 0.6) is 17.2 Å². The molecule has 3 aromatic rings. The van der Waals surface area contributed by atoms with Crippen molar-refractivity contribution in [3.63, 3.8) is 0 Å². The third kappa shape index (κ3) is 3.91.